The van der Waals surface area contributed by atoms with Gasteiger partial charge in [0.1, 0.15) is 0 Å². The van der Waals surface area contributed by atoms with Crippen molar-refractivity contribution in [3.05, 3.63) is 18.0 Å². The summed E-state index contributed by atoms with van der Waals surface area (Å²) >= 11 is 5.97. The Bertz CT molecular complexity index is 433. The lowest BCUT2D eigenvalue weighted by Crippen LogP contribution is -2.52. The van der Waals surface area contributed by atoms with E-state index in [-0.39, 0.29) is 11.7 Å². The third kappa shape index (κ3) is 3.96. The molecular weight excluding hydrogens is 274 g/mol. The fraction of sp³-hybridized carbons (Fsp3) is 0.800. The first-order chi connectivity index (χ1) is 9.43. The number of ether oxygens (including phenoxy) is 1. The molecule has 0 radical (unpaired) electrons. The predicted octanol–water partition coefficient (Wildman–Crippen LogP) is 3.07. The van der Waals surface area contributed by atoms with E-state index in [1.165, 1.54) is 0 Å². The first kappa shape index (κ1) is 15.8. The van der Waals surface area contributed by atoms with Gasteiger partial charge in [-0.15, -0.1) is 11.6 Å². The maximum absolute atomic E-state index is 5.97. The second-order valence-electron chi connectivity index (χ2n) is 6.37. The second-order valence-corrected chi connectivity index (χ2v) is 6.68. The van der Waals surface area contributed by atoms with E-state index in [4.69, 9.17) is 16.3 Å². The fourth-order valence-corrected chi connectivity index (χ4v) is 2.90. The van der Waals surface area contributed by atoms with Crippen LogP contribution in [0.4, 0.5) is 0 Å². The molecule has 114 valence electrons. The normalized spacial score (nSPS) is 24.8. The highest BCUT2D eigenvalue weighted by Crippen LogP contribution is 2.23. The van der Waals surface area contributed by atoms with Crippen molar-refractivity contribution in [2.75, 3.05) is 19.0 Å². The van der Waals surface area contributed by atoms with Gasteiger partial charge in [-0.3, -0.25) is 9.58 Å². The van der Waals surface area contributed by atoms with Crippen molar-refractivity contribution in [3.63, 3.8) is 0 Å². The third-order valence-electron chi connectivity index (χ3n) is 3.82. The summed E-state index contributed by atoms with van der Waals surface area (Å²) in [4.78, 5) is 2.39. The summed E-state index contributed by atoms with van der Waals surface area (Å²) in [5.41, 5.74) is 0.980. The highest BCUT2D eigenvalue weighted by atomic mass is 35.5. The van der Waals surface area contributed by atoms with Crippen molar-refractivity contribution in [1.82, 2.24) is 14.7 Å². The van der Waals surface area contributed by atoms with E-state index in [0.717, 1.165) is 31.7 Å². The Kier molecular flexibility index (Phi) is 5.10. The van der Waals surface area contributed by atoms with Crippen molar-refractivity contribution in [2.24, 2.45) is 0 Å². The maximum atomic E-state index is 5.97. The summed E-state index contributed by atoms with van der Waals surface area (Å²) in [5.74, 6) is 0.543. The monoisotopic (exact) mass is 299 g/mol. The molecule has 2 unspecified atom stereocenters. The SMILES string of the molecule is CCC(C)n1ccc(CN2CC(CCl)OC(C)(C)C2)n1. The van der Waals surface area contributed by atoms with E-state index < -0.39 is 0 Å². The molecule has 2 heterocycles. The Morgan fingerprint density at radius 1 is 1.55 bits per heavy atom. The third-order valence-corrected chi connectivity index (χ3v) is 4.16. The Hall–Kier alpha value is -0.580. The molecule has 5 heteroatoms. The topological polar surface area (TPSA) is 30.3 Å². The number of rotatable bonds is 5. The molecule has 20 heavy (non-hydrogen) atoms. The number of nitrogens with zero attached hydrogens (tertiary/aromatic N) is 3. The summed E-state index contributed by atoms with van der Waals surface area (Å²) in [6, 6.07) is 2.57. The average Bonchev–Trinajstić information content (AvgIpc) is 2.84. The highest BCUT2D eigenvalue weighted by molar-refractivity contribution is 6.18. The van der Waals surface area contributed by atoms with Crippen LogP contribution in [0, 0.1) is 0 Å². The Balaban J connectivity index is 2.00. The van der Waals surface area contributed by atoms with Gasteiger partial charge < -0.3 is 4.74 Å². The van der Waals surface area contributed by atoms with Gasteiger partial charge in [0.2, 0.25) is 0 Å². The van der Waals surface area contributed by atoms with E-state index in [1.807, 2.05) is 0 Å². The van der Waals surface area contributed by atoms with Crippen LogP contribution in [0.1, 0.15) is 45.9 Å². The molecule has 0 spiro atoms. The number of alkyl halides is 1. The van der Waals surface area contributed by atoms with E-state index in [2.05, 4.69) is 54.6 Å². The molecule has 0 aromatic carbocycles. The van der Waals surface area contributed by atoms with Crippen LogP contribution in [0.2, 0.25) is 0 Å². The van der Waals surface area contributed by atoms with Gasteiger partial charge in [0, 0.05) is 37.8 Å². The predicted molar refractivity (Wildman–Crippen MR) is 82.2 cm³/mol. The van der Waals surface area contributed by atoms with Crippen LogP contribution >= 0.6 is 11.6 Å². The van der Waals surface area contributed by atoms with Gasteiger partial charge in [0.25, 0.3) is 0 Å². The molecule has 0 aliphatic carbocycles. The summed E-state index contributed by atoms with van der Waals surface area (Å²) in [6.45, 7) is 11.3. The van der Waals surface area contributed by atoms with Crippen LogP contribution in [0.3, 0.4) is 0 Å². The molecule has 0 amide bonds. The number of halogens is 1. The number of morpholine rings is 1. The van der Waals surface area contributed by atoms with E-state index in [9.17, 15) is 0 Å². The smallest absolute Gasteiger partial charge is 0.0845 e. The number of hydrogen-bond acceptors (Lipinski definition) is 3. The van der Waals surface area contributed by atoms with Gasteiger partial charge in [0.15, 0.2) is 0 Å². The average molecular weight is 300 g/mol. The van der Waals surface area contributed by atoms with Crippen molar-refractivity contribution < 1.29 is 4.74 Å². The maximum Gasteiger partial charge on any atom is 0.0845 e. The molecule has 0 saturated carbocycles. The zero-order chi connectivity index (χ0) is 14.8. The van der Waals surface area contributed by atoms with E-state index in [0.29, 0.717) is 11.9 Å². The minimum atomic E-state index is -0.142. The lowest BCUT2D eigenvalue weighted by Gasteiger charge is -2.42. The molecule has 1 aliphatic heterocycles. The van der Waals surface area contributed by atoms with Crippen LogP contribution in [0.25, 0.3) is 0 Å². The Morgan fingerprint density at radius 3 is 2.95 bits per heavy atom. The minimum Gasteiger partial charge on any atom is -0.368 e. The Morgan fingerprint density at radius 2 is 2.30 bits per heavy atom. The number of aromatic nitrogens is 2. The van der Waals surface area contributed by atoms with Gasteiger partial charge >= 0.3 is 0 Å². The van der Waals surface area contributed by atoms with Crippen LogP contribution in [-0.4, -0.2) is 45.4 Å². The van der Waals surface area contributed by atoms with Crippen molar-refractivity contribution in [2.45, 2.75) is 58.4 Å². The largest absolute Gasteiger partial charge is 0.368 e. The van der Waals surface area contributed by atoms with Crippen molar-refractivity contribution in [3.8, 4) is 0 Å². The molecule has 1 aromatic heterocycles. The zero-order valence-electron chi connectivity index (χ0n) is 13.0. The molecule has 4 nitrogen and oxygen atoms in total. The standard InChI is InChI=1S/C15H26ClN3O/c1-5-12(2)19-7-6-13(17-19)9-18-10-14(8-16)20-15(3,4)11-18/h6-7,12,14H,5,8-11H2,1-4H3. The molecular formula is C15H26ClN3O. The zero-order valence-corrected chi connectivity index (χ0v) is 13.7. The van der Waals surface area contributed by atoms with Crippen LogP contribution in [0.5, 0.6) is 0 Å². The minimum absolute atomic E-state index is 0.108. The van der Waals surface area contributed by atoms with Crippen LogP contribution < -0.4 is 0 Å². The first-order valence-electron chi connectivity index (χ1n) is 7.43. The van der Waals surface area contributed by atoms with Gasteiger partial charge in [-0.2, -0.15) is 5.10 Å². The molecule has 2 rings (SSSR count). The number of hydrogen-bond donors (Lipinski definition) is 0. The fourth-order valence-electron chi connectivity index (χ4n) is 2.74. The van der Waals surface area contributed by atoms with Gasteiger partial charge in [0.05, 0.1) is 17.4 Å². The molecule has 1 saturated heterocycles. The van der Waals surface area contributed by atoms with Crippen molar-refractivity contribution in [1.29, 1.82) is 0 Å². The lowest BCUT2D eigenvalue weighted by atomic mass is 10.1. The summed E-state index contributed by atoms with van der Waals surface area (Å²) in [5, 5.41) is 4.67. The summed E-state index contributed by atoms with van der Waals surface area (Å²) < 4.78 is 8.01. The van der Waals surface area contributed by atoms with Gasteiger partial charge in [-0.25, -0.2) is 0 Å². The molecule has 1 aromatic rings. The first-order valence-corrected chi connectivity index (χ1v) is 7.97. The van der Waals surface area contributed by atoms with E-state index in [1.54, 1.807) is 0 Å². The van der Waals surface area contributed by atoms with Crippen molar-refractivity contribution >= 4 is 11.6 Å². The molecule has 0 bridgehead atoms. The molecule has 1 fully saturated rings. The van der Waals surface area contributed by atoms with Gasteiger partial charge in [-0.05, 0) is 33.3 Å². The molecule has 1 aliphatic rings. The quantitative estimate of drug-likeness (QED) is 0.783. The molecule has 2 atom stereocenters. The lowest BCUT2D eigenvalue weighted by molar-refractivity contribution is -0.129. The summed E-state index contributed by atoms with van der Waals surface area (Å²) in [6.07, 6.45) is 3.28. The Labute approximate surface area is 127 Å². The highest BCUT2D eigenvalue weighted by Gasteiger charge is 2.33. The van der Waals surface area contributed by atoms with E-state index >= 15 is 0 Å². The summed E-state index contributed by atoms with van der Waals surface area (Å²) in [7, 11) is 0. The molecule has 0 N–H and O–H groups in total. The van der Waals surface area contributed by atoms with Crippen LogP contribution in [-0.2, 0) is 11.3 Å². The van der Waals surface area contributed by atoms with Crippen LogP contribution in [0.15, 0.2) is 12.3 Å². The second kappa shape index (κ2) is 6.46. The van der Waals surface area contributed by atoms with Gasteiger partial charge in [-0.1, -0.05) is 6.92 Å².